The van der Waals surface area contributed by atoms with Crippen LogP contribution in [0.1, 0.15) is 11.6 Å². The topological polar surface area (TPSA) is 32.3 Å². The Hall–Kier alpha value is -1.35. The number of hydrogen-bond donors (Lipinski definition) is 1. The van der Waals surface area contributed by atoms with Crippen molar-refractivity contribution in [3.05, 3.63) is 35.9 Å². The van der Waals surface area contributed by atoms with Crippen molar-refractivity contribution in [1.29, 1.82) is 0 Å². The van der Waals surface area contributed by atoms with Gasteiger partial charge < -0.3 is 10.2 Å². The summed E-state index contributed by atoms with van der Waals surface area (Å²) >= 11 is 0. The van der Waals surface area contributed by atoms with Gasteiger partial charge in [0.25, 0.3) is 0 Å². The number of nitrogens with one attached hydrogen (secondary N) is 1. The van der Waals surface area contributed by atoms with Gasteiger partial charge in [0.15, 0.2) is 0 Å². The number of carbonyl (C=O) groups is 1. The maximum Gasteiger partial charge on any atom is 0.209 e. The maximum absolute atomic E-state index is 10.6. The molecule has 1 aliphatic rings. The van der Waals surface area contributed by atoms with Crippen LogP contribution in [0.15, 0.2) is 30.3 Å². The monoisotopic (exact) mass is 190 g/mol. The van der Waals surface area contributed by atoms with Crippen LogP contribution < -0.4 is 5.32 Å². The van der Waals surface area contributed by atoms with Crippen molar-refractivity contribution in [3.63, 3.8) is 0 Å². The SMILES string of the molecule is O=CN1CCNC(c2ccccc2)C1. The van der Waals surface area contributed by atoms with Crippen LogP contribution >= 0.6 is 0 Å². The van der Waals surface area contributed by atoms with Crippen LogP contribution in [0.2, 0.25) is 0 Å². The summed E-state index contributed by atoms with van der Waals surface area (Å²) in [5, 5.41) is 3.40. The lowest BCUT2D eigenvalue weighted by molar-refractivity contribution is -0.119. The van der Waals surface area contributed by atoms with E-state index < -0.39 is 0 Å². The molecular formula is C11H14N2O. The Kier molecular flexibility index (Phi) is 2.79. The molecule has 0 spiro atoms. The average Bonchev–Trinajstić information content (AvgIpc) is 2.30. The Morgan fingerprint density at radius 1 is 1.36 bits per heavy atom. The van der Waals surface area contributed by atoms with Crippen LogP contribution in [-0.4, -0.2) is 30.9 Å². The summed E-state index contributed by atoms with van der Waals surface area (Å²) in [5.74, 6) is 0. The number of hydrogen-bond acceptors (Lipinski definition) is 2. The Bertz CT molecular complexity index is 299. The zero-order chi connectivity index (χ0) is 9.80. The summed E-state index contributed by atoms with van der Waals surface area (Å²) in [4.78, 5) is 12.4. The van der Waals surface area contributed by atoms with Crippen LogP contribution in [0, 0.1) is 0 Å². The van der Waals surface area contributed by atoms with Gasteiger partial charge in [-0.25, -0.2) is 0 Å². The zero-order valence-corrected chi connectivity index (χ0v) is 8.02. The molecule has 74 valence electrons. The number of amides is 1. The van der Waals surface area contributed by atoms with Gasteiger partial charge in [0, 0.05) is 25.7 Å². The molecule has 14 heavy (non-hydrogen) atoms. The first kappa shape index (κ1) is 9.21. The summed E-state index contributed by atoms with van der Waals surface area (Å²) in [5.41, 5.74) is 1.25. The van der Waals surface area contributed by atoms with Gasteiger partial charge in [0.1, 0.15) is 0 Å². The van der Waals surface area contributed by atoms with Crippen molar-refractivity contribution in [3.8, 4) is 0 Å². The van der Waals surface area contributed by atoms with Gasteiger partial charge in [0.2, 0.25) is 6.41 Å². The molecule has 1 amide bonds. The largest absolute Gasteiger partial charge is 0.342 e. The fraction of sp³-hybridized carbons (Fsp3) is 0.364. The zero-order valence-electron chi connectivity index (χ0n) is 8.02. The third-order valence-electron chi connectivity index (χ3n) is 2.56. The van der Waals surface area contributed by atoms with Crippen LogP contribution in [0.25, 0.3) is 0 Å². The molecule has 0 aromatic heterocycles. The lowest BCUT2D eigenvalue weighted by atomic mass is 10.1. The van der Waals surface area contributed by atoms with E-state index in [0.717, 1.165) is 26.0 Å². The lowest BCUT2D eigenvalue weighted by Crippen LogP contribution is -2.44. The van der Waals surface area contributed by atoms with Gasteiger partial charge in [-0.2, -0.15) is 0 Å². The third-order valence-corrected chi connectivity index (χ3v) is 2.56. The van der Waals surface area contributed by atoms with Crippen LogP contribution in [0.4, 0.5) is 0 Å². The van der Waals surface area contributed by atoms with Gasteiger partial charge in [-0.15, -0.1) is 0 Å². The van der Waals surface area contributed by atoms with E-state index in [4.69, 9.17) is 0 Å². The molecule has 1 heterocycles. The molecule has 1 aliphatic heterocycles. The predicted molar refractivity (Wildman–Crippen MR) is 54.8 cm³/mol. The molecule has 1 fully saturated rings. The molecule has 3 heteroatoms. The average molecular weight is 190 g/mol. The van der Waals surface area contributed by atoms with E-state index in [1.54, 1.807) is 0 Å². The minimum Gasteiger partial charge on any atom is -0.342 e. The summed E-state index contributed by atoms with van der Waals surface area (Å²) in [6.45, 7) is 2.46. The maximum atomic E-state index is 10.6. The summed E-state index contributed by atoms with van der Waals surface area (Å²) in [6, 6.07) is 10.5. The Morgan fingerprint density at radius 2 is 2.14 bits per heavy atom. The Morgan fingerprint density at radius 3 is 2.86 bits per heavy atom. The molecule has 1 atom stereocenters. The number of carbonyl (C=O) groups excluding carboxylic acids is 1. The van der Waals surface area contributed by atoms with Crippen LogP contribution in [0.3, 0.4) is 0 Å². The van der Waals surface area contributed by atoms with E-state index in [9.17, 15) is 4.79 Å². The molecule has 2 rings (SSSR count). The first-order valence-corrected chi connectivity index (χ1v) is 4.88. The second-order valence-corrected chi connectivity index (χ2v) is 3.52. The molecule has 0 radical (unpaired) electrons. The van der Waals surface area contributed by atoms with Gasteiger partial charge in [-0.3, -0.25) is 4.79 Å². The Labute approximate surface area is 83.7 Å². The molecule has 0 saturated carbocycles. The number of rotatable bonds is 2. The fourth-order valence-electron chi connectivity index (χ4n) is 1.78. The molecule has 1 saturated heterocycles. The molecule has 1 aromatic rings. The number of benzene rings is 1. The van der Waals surface area contributed by atoms with E-state index in [1.165, 1.54) is 5.56 Å². The van der Waals surface area contributed by atoms with Crippen LogP contribution in [0.5, 0.6) is 0 Å². The highest BCUT2D eigenvalue weighted by atomic mass is 16.1. The van der Waals surface area contributed by atoms with E-state index >= 15 is 0 Å². The first-order valence-electron chi connectivity index (χ1n) is 4.88. The molecule has 0 bridgehead atoms. The van der Waals surface area contributed by atoms with Crippen molar-refractivity contribution in [2.24, 2.45) is 0 Å². The number of piperazine rings is 1. The van der Waals surface area contributed by atoms with E-state index in [2.05, 4.69) is 17.4 Å². The van der Waals surface area contributed by atoms with Gasteiger partial charge in [-0.05, 0) is 5.56 Å². The van der Waals surface area contributed by atoms with Crippen molar-refractivity contribution in [2.45, 2.75) is 6.04 Å². The quantitative estimate of drug-likeness (QED) is 0.699. The highest BCUT2D eigenvalue weighted by molar-refractivity contribution is 5.47. The van der Waals surface area contributed by atoms with E-state index in [-0.39, 0.29) is 6.04 Å². The molecule has 1 unspecified atom stereocenters. The van der Waals surface area contributed by atoms with Crippen molar-refractivity contribution in [1.82, 2.24) is 10.2 Å². The van der Waals surface area contributed by atoms with Crippen LogP contribution in [-0.2, 0) is 4.79 Å². The van der Waals surface area contributed by atoms with Crippen molar-refractivity contribution < 1.29 is 4.79 Å². The predicted octanol–water partition coefficient (Wildman–Crippen LogP) is 0.789. The van der Waals surface area contributed by atoms with E-state index in [0.29, 0.717) is 0 Å². The highest BCUT2D eigenvalue weighted by Crippen LogP contribution is 2.15. The molecule has 3 nitrogen and oxygen atoms in total. The normalized spacial score (nSPS) is 22.0. The minimum absolute atomic E-state index is 0.287. The van der Waals surface area contributed by atoms with Gasteiger partial charge in [0.05, 0.1) is 0 Å². The van der Waals surface area contributed by atoms with Crippen molar-refractivity contribution in [2.75, 3.05) is 19.6 Å². The van der Waals surface area contributed by atoms with Gasteiger partial charge >= 0.3 is 0 Å². The second-order valence-electron chi connectivity index (χ2n) is 3.52. The third kappa shape index (κ3) is 1.93. The minimum atomic E-state index is 0.287. The van der Waals surface area contributed by atoms with E-state index in [1.807, 2.05) is 23.1 Å². The standard InChI is InChI=1S/C11H14N2O/c14-9-13-7-6-12-11(8-13)10-4-2-1-3-5-10/h1-5,9,11-12H,6-8H2. The smallest absolute Gasteiger partial charge is 0.209 e. The fourth-order valence-corrected chi connectivity index (χ4v) is 1.78. The second kappa shape index (κ2) is 4.24. The lowest BCUT2D eigenvalue weighted by Gasteiger charge is -2.31. The molecule has 1 N–H and O–H groups in total. The Balaban J connectivity index is 2.08. The summed E-state index contributed by atoms with van der Waals surface area (Å²) < 4.78 is 0. The number of nitrogens with zero attached hydrogens (tertiary/aromatic N) is 1. The molecule has 0 aliphatic carbocycles. The first-order chi connectivity index (χ1) is 6.90. The highest BCUT2D eigenvalue weighted by Gasteiger charge is 2.18. The van der Waals surface area contributed by atoms with Crippen molar-refractivity contribution >= 4 is 6.41 Å². The van der Waals surface area contributed by atoms with Gasteiger partial charge in [-0.1, -0.05) is 30.3 Å². The summed E-state index contributed by atoms with van der Waals surface area (Å²) in [7, 11) is 0. The molecule has 1 aromatic carbocycles. The molecular weight excluding hydrogens is 176 g/mol. The summed E-state index contributed by atoms with van der Waals surface area (Å²) in [6.07, 6.45) is 0.927.